The monoisotopic (exact) mass is 296 g/mol. The van der Waals surface area contributed by atoms with Gasteiger partial charge in [-0.3, -0.25) is 0 Å². The number of hydrogen-bond acceptors (Lipinski definition) is 4. The van der Waals surface area contributed by atoms with Crippen LogP contribution in [0.2, 0.25) is 0 Å². The molecule has 22 heavy (non-hydrogen) atoms. The second-order valence-corrected chi connectivity index (χ2v) is 5.10. The van der Waals surface area contributed by atoms with E-state index in [1.54, 1.807) is 19.1 Å². The van der Waals surface area contributed by atoms with Crippen molar-refractivity contribution in [3.8, 4) is 6.07 Å². The summed E-state index contributed by atoms with van der Waals surface area (Å²) >= 11 is 0. The SMILES string of the molecule is CCOC(=O)C(Cc1ccc(C#N)cc1)NC1=CCCC=C1. The Labute approximate surface area is 131 Å². The van der Waals surface area contributed by atoms with Gasteiger partial charge in [0.05, 0.1) is 18.2 Å². The van der Waals surface area contributed by atoms with Gasteiger partial charge in [-0.2, -0.15) is 5.26 Å². The third-order valence-corrected chi connectivity index (χ3v) is 3.43. The van der Waals surface area contributed by atoms with Crippen LogP contribution in [0.25, 0.3) is 0 Å². The fraction of sp³-hybridized carbons (Fsp3) is 0.333. The molecule has 0 aliphatic heterocycles. The first-order valence-electron chi connectivity index (χ1n) is 7.52. The molecule has 1 aromatic carbocycles. The highest BCUT2D eigenvalue weighted by molar-refractivity contribution is 5.76. The molecule has 0 radical (unpaired) electrons. The highest BCUT2D eigenvalue weighted by Crippen LogP contribution is 2.12. The number of nitriles is 1. The lowest BCUT2D eigenvalue weighted by atomic mass is 10.0. The zero-order valence-electron chi connectivity index (χ0n) is 12.7. The number of esters is 1. The molecule has 1 atom stereocenters. The van der Waals surface area contributed by atoms with E-state index in [-0.39, 0.29) is 5.97 Å². The molecule has 0 amide bonds. The number of hydrogen-bond donors (Lipinski definition) is 1. The van der Waals surface area contributed by atoms with Crippen LogP contribution >= 0.6 is 0 Å². The Morgan fingerprint density at radius 3 is 2.73 bits per heavy atom. The normalized spacial score (nSPS) is 14.6. The summed E-state index contributed by atoms with van der Waals surface area (Å²) in [5, 5.41) is 12.1. The van der Waals surface area contributed by atoms with Crippen LogP contribution in [0.1, 0.15) is 30.9 Å². The van der Waals surface area contributed by atoms with Gasteiger partial charge in [0.25, 0.3) is 0 Å². The summed E-state index contributed by atoms with van der Waals surface area (Å²) in [6.07, 6.45) is 8.71. The Hall–Kier alpha value is -2.54. The van der Waals surface area contributed by atoms with Crippen molar-refractivity contribution in [1.82, 2.24) is 5.32 Å². The maximum Gasteiger partial charge on any atom is 0.328 e. The first-order chi connectivity index (χ1) is 10.7. The summed E-state index contributed by atoms with van der Waals surface area (Å²) in [7, 11) is 0. The molecule has 0 saturated heterocycles. The molecule has 1 N–H and O–H groups in total. The fourth-order valence-electron chi connectivity index (χ4n) is 2.31. The highest BCUT2D eigenvalue weighted by Gasteiger charge is 2.20. The van der Waals surface area contributed by atoms with Crippen LogP contribution in [0.15, 0.2) is 48.2 Å². The van der Waals surface area contributed by atoms with E-state index in [1.165, 1.54) is 0 Å². The molecule has 1 aliphatic rings. The molecule has 0 bridgehead atoms. The smallest absolute Gasteiger partial charge is 0.328 e. The molecule has 0 saturated carbocycles. The topological polar surface area (TPSA) is 62.1 Å². The second kappa shape index (κ2) is 8.04. The molecule has 0 fully saturated rings. The Kier molecular flexibility index (Phi) is 5.79. The predicted molar refractivity (Wildman–Crippen MR) is 84.9 cm³/mol. The van der Waals surface area contributed by atoms with Crippen LogP contribution in [0.4, 0.5) is 0 Å². The molecular weight excluding hydrogens is 276 g/mol. The predicted octanol–water partition coefficient (Wildman–Crippen LogP) is 2.86. The number of ether oxygens (including phenoxy) is 1. The molecule has 0 aromatic heterocycles. The summed E-state index contributed by atoms with van der Waals surface area (Å²) in [6.45, 7) is 2.16. The number of carbonyl (C=O) groups excluding carboxylic acids is 1. The standard InChI is InChI=1S/C18H20N2O2/c1-2-22-18(21)17(20-16-6-4-3-5-7-16)12-14-8-10-15(13-19)11-9-14/h4,6-11,17,20H,2-3,5,12H2,1H3. The van der Waals surface area contributed by atoms with Gasteiger partial charge < -0.3 is 10.1 Å². The van der Waals surface area contributed by atoms with Gasteiger partial charge >= 0.3 is 5.97 Å². The van der Waals surface area contributed by atoms with Crippen LogP contribution in [0.3, 0.4) is 0 Å². The Morgan fingerprint density at radius 2 is 2.14 bits per heavy atom. The summed E-state index contributed by atoms with van der Waals surface area (Å²) in [4.78, 5) is 12.2. The summed E-state index contributed by atoms with van der Waals surface area (Å²) in [5.74, 6) is -0.258. The Morgan fingerprint density at radius 1 is 1.36 bits per heavy atom. The number of benzene rings is 1. The van der Waals surface area contributed by atoms with Gasteiger partial charge in [-0.1, -0.05) is 24.3 Å². The van der Waals surface area contributed by atoms with Crippen molar-refractivity contribution in [3.63, 3.8) is 0 Å². The average molecular weight is 296 g/mol. The third kappa shape index (κ3) is 4.49. The van der Waals surface area contributed by atoms with Crippen molar-refractivity contribution in [2.75, 3.05) is 6.61 Å². The number of nitrogens with zero attached hydrogens (tertiary/aromatic N) is 1. The van der Waals surface area contributed by atoms with E-state index >= 15 is 0 Å². The van der Waals surface area contributed by atoms with Crippen molar-refractivity contribution < 1.29 is 9.53 Å². The van der Waals surface area contributed by atoms with E-state index in [1.807, 2.05) is 18.2 Å². The molecular formula is C18H20N2O2. The Bertz CT molecular complexity index is 609. The number of rotatable bonds is 6. The summed E-state index contributed by atoms with van der Waals surface area (Å²) < 4.78 is 5.16. The lowest BCUT2D eigenvalue weighted by molar-refractivity contribution is -0.145. The first kappa shape index (κ1) is 15.8. The van der Waals surface area contributed by atoms with E-state index in [0.29, 0.717) is 18.6 Å². The zero-order chi connectivity index (χ0) is 15.8. The molecule has 114 valence electrons. The van der Waals surface area contributed by atoms with Gasteiger partial charge in [-0.25, -0.2) is 4.79 Å². The van der Waals surface area contributed by atoms with E-state index in [0.717, 1.165) is 24.1 Å². The minimum absolute atomic E-state index is 0.258. The van der Waals surface area contributed by atoms with Crippen molar-refractivity contribution in [2.45, 2.75) is 32.2 Å². The number of allylic oxidation sites excluding steroid dienone is 3. The van der Waals surface area contributed by atoms with Gasteiger partial charge in [0.15, 0.2) is 0 Å². The number of carbonyl (C=O) groups is 1. The van der Waals surface area contributed by atoms with Crippen LogP contribution in [-0.4, -0.2) is 18.6 Å². The largest absolute Gasteiger partial charge is 0.464 e. The van der Waals surface area contributed by atoms with Crippen LogP contribution in [-0.2, 0) is 16.0 Å². The van der Waals surface area contributed by atoms with E-state index < -0.39 is 6.04 Å². The van der Waals surface area contributed by atoms with E-state index in [9.17, 15) is 4.79 Å². The second-order valence-electron chi connectivity index (χ2n) is 5.10. The van der Waals surface area contributed by atoms with Gasteiger partial charge in [0.1, 0.15) is 6.04 Å². The molecule has 1 aromatic rings. The molecule has 1 unspecified atom stereocenters. The van der Waals surface area contributed by atoms with Crippen molar-refractivity contribution in [3.05, 3.63) is 59.3 Å². The quantitative estimate of drug-likeness (QED) is 0.820. The minimum Gasteiger partial charge on any atom is -0.464 e. The summed E-state index contributed by atoms with van der Waals surface area (Å²) in [5.41, 5.74) is 2.56. The maximum absolute atomic E-state index is 12.2. The molecule has 1 aliphatic carbocycles. The molecule has 4 nitrogen and oxygen atoms in total. The Balaban J connectivity index is 2.09. The molecule has 0 heterocycles. The van der Waals surface area contributed by atoms with Gasteiger partial charge in [0.2, 0.25) is 0 Å². The van der Waals surface area contributed by atoms with E-state index in [2.05, 4.69) is 23.5 Å². The zero-order valence-corrected chi connectivity index (χ0v) is 12.7. The van der Waals surface area contributed by atoms with Crippen molar-refractivity contribution >= 4 is 5.97 Å². The maximum atomic E-state index is 12.2. The molecule has 2 rings (SSSR count). The molecule has 4 heteroatoms. The number of nitrogens with one attached hydrogen (secondary N) is 1. The van der Waals surface area contributed by atoms with Crippen molar-refractivity contribution in [1.29, 1.82) is 5.26 Å². The van der Waals surface area contributed by atoms with Crippen LogP contribution in [0, 0.1) is 11.3 Å². The minimum atomic E-state index is -0.429. The van der Waals surface area contributed by atoms with Crippen LogP contribution < -0.4 is 5.32 Å². The van der Waals surface area contributed by atoms with Gasteiger partial charge in [-0.05, 0) is 43.5 Å². The van der Waals surface area contributed by atoms with Gasteiger partial charge in [-0.15, -0.1) is 0 Å². The highest BCUT2D eigenvalue weighted by atomic mass is 16.5. The first-order valence-corrected chi connectivity index (χ1v) is 7.52. The van der Waals surface area contributed by atoms with Gasteiger partial charge in [0, 0.05) is 12.1 Å². The fourth-order valence-corrected chi connectivity index (χ4v) is 2.31. The summed E-state index contributed by atoms with van der Waals surface area (Å²) in [6, 6.07) is 8.93. The lowest BCUT2D eigenvalue weighted by Crippen LogP contribution is -2.39. The lowest BCUT2D eigenvalue weighted by Gasteiger charge is -2.20. The molecule has 0 spiro atoms. The van der Waals surface area contributed by atoms with Crippen LogP contribution in [0.5, 0.6) is 0 Å². The van der Waals surface area contributed by atoms with E-state index in [4.69, 9.17) is 10.00 Å². The average Bonchev–Trinajstić information content (AvgIpc) is 2.56. The van der Waals surface area contributed by atoms with Crippen molar-refractivity contribution in [2.24, 2.45) is 0 Å². The third-order valence-electron chi connectivity index (χ3n) is 3.43.